The summed E-state index contributed by atoms with van der Waals surface area (Å²) >= 11 is 2.22. The maximum absolute atomic E-state index is 5.21. The molecule has 0 aromatic carbocycles. The Labute approximate surface area is 70.1 Å². The molecule has 0 rings (SSSR count). The van der Waals surface area contributed by atoms with Gasteiger partial charge in [0.25, 0.3) is 0 Å². The van der Waals surface area contributed by atoms with Crippen molar-refractivity contribution in [3.63, 3.8) is 0 Å². The van der Waals surface area contributed by atoms with E-state index in [-0.39, 0.29) is 4.11 Å². The van der Waals surface area contributed by atoms with Gasteiger partial charge < -0.3 is 9.47 Å². The van der Waals surface area contributed by atoms with Crippen LogP contribution in [0.3, 0.4) is 0 Å². The van der Waals surface area contributed by atoms with Gasteiger partial charge in [0.2, 0.25) is 0 Å². The molecule has 0 saturated heterocycles. The fourth-order valence-electron chi connectivity index (χ4n) is 0.439. The minimum absolute atomic E-state index is 0.215. The molecule has 0 spiro atoms. The summed E-state index contributed by atoms with van der Waals surface area (Å²) in [7, 11) is 0. The first kappa shape index (κ1) is 9.65. The molecule has 3 heteroatoms. The first-order chi connectivity index (χ1) is 4.31. The van der Waals surface area contributed by atoms with Crippen LogP contribution in [-0.4, -0.2) is 23.9 Å². The minimum atomic E-state index is 0.215. The van der Waals surface area contributed by atoms with E-state index in [4.69, 9.17) is 9.47 Å². The van der Waals surface area contributed by atoms with Crippen molar-refractivity contribution in [2.45, 2.75) is 18.0 Å². The third-order valence-corrected chi connectivity index (χ3v) is 1.52. The van der Waals surface area contributed by atoms with E-state index in [2.05, 4.69) is 22.6 Å². The second kappa shape index (κ2) is 6.77. The summed E-state index contributed by atoms with van der Waals surface area (Å²) in [4.78, 5) is 0. The highest BCUT2D eigenvalue weighted by Crippen LogP contribution is 2.01. The number of hydrogen-bond donors (Lipinski definition) is 0. The molecule has 0 radical (unpaired) electrons. The highest BCUT2D eigenvalue weighted by molar-refractivity contribution is 14.1. The van der Waals surface area contributed by atoms with Crippen LogP contribution in [0.5, 0.6) is 0 Å². The van der Waals surface area contributed by atoms with Crippen LogP contribution < -0.4 is 0 Å². The lowest BCUT2D eigenvalue weighted by Gasteiger charge is -2.08. The second-order valence-electron chi connectivity index (χ2n) is 1.52. The van der Waals surface area contributed by atoms with Crippen LogP contribution in [0.1, 0.15) is 13.8 Å². The molecular weight excluding hydrogens is 231 g/mol. The van der Waals surface area contributed by atoms with Crippen molar-refractivity contribution in [2.75, 3.05) is 19.8 Å². The molecule has 0 bridgehead atoms. The molecule has 56 valence electrons. The Morgan fingerprint density at radius 3 is 2.44 bits per heavy atom. The number of hydrogen-bond acceptors (Lipinski definition) is 2. The first-order valence-corrected chi connectivity index (χ1v) is 4.39. The Balaban J connectivity index is 2.95. The molecule has 0 aromatic heterocycles. The monoisotopic (exact) mass is 244 g/mol. The van der Waals surface area contributed by atoms with Crippen LogP contribution in [0.25, 0.3) is 0 Å². The molecule has 0 heterocycles. The van der Waals surface area contributed by atoms with Gasteiger partial charge in [0.15, 0.2) is 0 Å². The molecule has 9 heavy (non-hydrogen) atoms. The third-order valence-electron chi connectivity index (χ3n) is 0.801. The topological polar surface area (TPSA) is 18.5 Å². The average Bonchev–Trinajstić information content (AvgIpc) is 1.85. The smallest absolute Gasteiger partial charge is 0.132 e. The molecular formula is C6H13IO2. The number of alkyl halides is 1. The third kappa shape index (κ3) is 6.54. The van der Waals surface area contributed by atoms with Gasteiger partial charge in [-0.15, -0.1) is 0 Å². The summed E-state index contributed by atoms with van der Waals surface area (Å²) in [5, 5.41) is 0. The van der Waals surface area contributed by atoms with E-state index in [1.165, 1.54) is 0 Å². The SMILES string of the molecule is CCOCC(I)OCC. The van der Waals surface area contributed by atoms with Gasteiger partial charge in [0, 0.05) is 13.2 Å². The van der Waals surface area contributed by atoms with Crippen molar-refractivity contribution in [3.8, 4) is 0 Å². The normalized spacial score (nSPS) is 13.7. The van der Waals surface area contributed by atoms with Crippen LogP contribution in [0.2, 0.25) is 0 Å². The molecule has 2 nitrogen and oxygen atoms in total. The summed E-state index contributed by atoms with van der Waals surface area (Å²) < 4.78 is 10.5. The summed E-state index contributed by atoms with van der Waals surface area (Å²) in [6.07, 6.45) is 0. The predicted molar refractivity (Wildman–Crippen MR) is 45.9 cm³/mol. The van der Waals surface area contributed by atoms with E-state index in [0.29, 0.717) is 6.61 Å². The molecule has 0 aromatic rings. The van der Waals surface area contributed by atoms with E-state index >= 15 is 0 Å². The summed E-state index contributed by atoms with van der Waals surface area (Å²) in [6.45, 7) is 6.20. The second-order valence-corrected chi connectivity index (χ2v) is 2.91. The van der Waals surface area contributed by atoms with E-state index in [0.717, 1.165) is 13.2 Å². The Bertz CT molecular complexity index is 59.0. The van der Waals surface area contributed by atoms with Gasteiger partial charge in [-0.1, -0.05) is 0 Å². The van der Waals surface area contributed by atoms with Gasteiger partial charge in [0.1, 0.15) is 4.11 Å². The summed E-state index contributed by atoms with van der Waals surface area (Å²) in [5.41, 5.74) is 0. The zero-order chi connectivity index (χ0) is 7.11. The average molecular weight is 244 g/mol. The van der Waals surface area contributed by atoms with Crippen LogP contribution in [0, 0.1) is 0 Å². The quantitative estimate of drug-likeness (QED) is 0.542. The lowest BCUT2D eigenvalue weighted by atomic mass is 10.7. The van der Waals surface area contributed by atoms with Crippen molar-refractivity contribution in [2.24, 2.45) is 0 Å². The largest absolute Gasteiger partial charge is 0.378 e. The maximum atomic E-state index is 5.21. The van der Waals surface area contributed by atoms with Gasteiger partial charge in [0.05, 0.1) is 6.61 Å². The van der Waals surface area contributed by atoms with E-state index in [1.807, 2.05) is 13.8 Å². The molecule has 0 amide bonds. The van der Waals surface area contributed by atoms with Crippen molar-refractivity contribution in [3.05, 3.63) is 0 Å². The zero-order valence-electron chi connectivity index (χ0n) is 5.89. The van der Waals surface area contributed by atoms with Crippen molar-refractivity contribution in [1.82, 2.24) is 0 Å². The molecule has 1 atom stereocenters. The van der Waals surface area contributed by atoms with Crippen molar-refractivity contribution in [1.29, 1.82) is 0 Å². The maximum Gasteiger partial charge on any atom is 0.132 e. The van der Waals surface area contributed by atoms with Crippen LogP contribution >= 0.6 is 22.6 Å². The van der Waals surface area contributed by atoms with Crippen molar-refractivity contribution >= 4 is 22.6 Å². The van der Waals surface area contributed by atoms with Gasteiger partial charge in [-0.05, 0) is 36.4 Å². The molecule has 0 aliphatic carbocycles. The number of halogens is 1. The lowest BCUT2D eigenvalue weighted by molar-refractivity contribution is 0.0476. The Kier molecular flexibility index (Phi) is 7.25. The number of rotatable bonds is 5. The Hall–Kier alpha value is 0.650. The lowest BCUT2D eigenvalue weighted by Crippen LogP contribution is -2.12. The molecule has 1 unspecified atom stereocenters. The molecule has 0 N–H and O–H groups in total. The summed E-state index contributed by atoms with van der Waals surface area (Å²) in [6, 6.07) is 0. The van der Waals surface area contributed by atoms with Crippen LogP contribution in [0.4, 0.5) is 0 Å². The van der Waals surface area contributed by atoms with E-state index in [9.17, 15) is 0 Å². The van der Waals surface area contributed by atoms with Gasteiger partial charge in [-0.25, -0.2) is 0 Å². The van der Waals surface area contributed by atoms with E-state index < -0.39 is 0 Å². The fourth-order valence-corrected chi connectivity index (χ4v) is 1.05. The standard InChI is InChI=1S/C6H13IO2/c1-3-8-5-6(7)9-4-2/h6H,3-5H2,1-2H3. The highest BCUT2D eigenvalue weighted by Gasteiger charge is 1.99. The van der Waals surface area contributed by atoms with E-state index in [1.54, 1.807) is 0 Å². The van der Waals surface area contributed by atoms with Crippen LogP contribution in [0.15, 0.2) is 0 Å². The molecule has 0 aliphatic rings. The van der Waals surface area contributed by atoms with Gasteiger partial charge in [-0.3, -0.25) is 0 Å². The summed E-state index contributed by atoms with van der Waals surface area (Å²) in [5.74, 6) is 0. The molecule has 0 aliphatic heterocycles. The Morgan fingerprint density at radius 1 is 1.33 bits per heavy atom. The fraction of sp³-hybridized carbons (Fsp3) is 1.00. The van der Waals surface area contributed by atoms with Crippen molar-refractivity contribution < 1.29 is 9.47 Å². The molecule has 0 saturated carbocycles. The molecule has 0 fully saturated rings. The first-order valence-electron chi connectivity index (χ1n) is 3.14. The van der Waals surface area contributed by atoms with Crippen LogP contribution in [-0.2, 0) is 9.47 Å². The highest BCUT2D eigenvalue weighted by atomic mass is 127. The zero-order valence-corrected chi connectivity index (χ0v) is 8.05. The number of ether oxygens (including phenoxy) is 2. The van der Waals surface area contributed by atoms with Gasteiger partial charge in [-0.2, -0.15) is 0 Å². The minimum Gasteiger partial charge on any atom is -0.378 e. The Morgan fingerprint density at radius 2 is 2.00 bits per heavy atom. The predicted octanol–water partition coefficient (Wildman–Crippen LogP) is 1.82. The van der Waals surface area contributed by atoms with Gasteiger partial charge >= 0.3 is 0 Å².